The summed E-state index contributed by atoms with van der Waals surface area (Å²) < 4.78 is 55.7. The fourth-order valence-corrected chi connectivity index (χ4v) is 4.63. The Labute approximate surface area is 204 Å². The van der Waals surface area contributed by atoms with E-state index < -0.39 is 41.2 Å². The molecule has 1 aliphatic heterocycles. The van der Waals surface area contributed by atoms with Gasteiger partial charge < -0.3 is 20.4 Å². The van der Waals surface area contributed by atoms with E-state index in [2.05, 4.69) is 15.3 Å². The highest BCUT2D eigenvalue weighted by atomic mass is 19.4. The first kappa shape index (κ1) is 25.8. The molecule has 36 heavy (non-hydrogen) atoms. The number of hydrogen-bond acceptors (Lipinski definition) is 6. The standard InChI is InChI=1S/C25H26F4N4O3/c1-12(14-7-6-8-16(20(14)26)24(36,11-34)25(27,28)29)30-21-15-9-19-17(10-18(15)31-13(2)32-21)23(3,4)22(35)33(19)5/h6-10,12,34,36H,11H2,1-5H3,(H,30,31,32)/t12-,24+/m1/s1. The topological polar surface area (TPSA) is 98.6 Å². The molecule has 0 spiro atoms. The van der Waals surface area contributed by atoms with Crippen LogP contribution in [0, 0.1) is 12.7 Å². The first-order chi connectivity index (χ1) is 16.6. The van der Waals surface area contributed by atoms with Gasteiger partial charge in [-0.2, -0.15) is 13.2 Å². The number of carbonyl (C=O) groups is 1. The minimum atomic E-state index is -5.30. The van der Waals surface area contributed by atoms with Crippen molar-refractivity contribution in [3.8, 4) is 0 Å². The summed E-state index contributed by atoms with van der Waals surface area (Å²) in [4.78, 5) is 23.2. The minimum Gasteiger partial charge on any atom is -0.393 e. The van der Waals surface area contributed by atoms with Crippen LogP contribution in [0.25, 0.3) is 10.9 Å². The second kappa shape index (κ2) is 8.38. The Kier molecular flexibility index (Phi) is 6.00. The quantitative estimate of drug-likeness (QED) is 0.448. The van der Waals surface area contributed by atoms with Crippen molar-refractivity contribution in [1.82, 2.24) is 9.97 Å². The van der Waals surface area contributed by atoms with Crippen molar-refractivity contribution in [1.29, 1.82) is 0 Å². The molecule has 3 aromatic rings. The summed E-state index contributed by atoms with van der Waals surface area (Å²) in [6.45, 7) is 5.11. The third kappa shape index (κ3) is 3.77. The number of rotatable bonds is 5. The number of carbonyl (C=O) groups excluding carboxylic acids is 1. The molecule has 0 saturated carbocycles. The summed E-state index contributed by atoms with van der Waals surface area (Å²) in [5.74, 6) is -0.681. The average Bonchev–Trinajstić information content (AvgIpc) is 2.96. The number of alkyl halides is 3. The molecule has 0 radical (unpaired) electrons. The van der Waals surface area contributed by atoms with Crippen molar-refractivity contribution in [2.75, 3.05) is 23.9 Å². The van der Waals surface area contributed by atoms with Gasteiger partial charge in [0.05, 0.1) is 23.6 Å². The predicted octanol–water partition coefficient (Wildman–Crippen LogP) is 4.25. The van der Waals surface area contributed by atoms with E-state index in [-0.39, 0.29) is 11.5 Å². The number of amides is 1. The Hall–Kier alpha value is -3.31. The van der Waals surface area contributed by atoms with E-state index in [4.69, 9.17) is 0 Å². The van der Waals surface area contributed by atoms with Gasteiger partial charge >= 0.3 is 6.18 Å². The number of likely N-dealkylation sites (N-methyl/N-ethyl adjacent to an activating group) is 1. The van der Waals surface area contributed by atoms with Gasteiger partial charge in [0.1, 0.15) is 17.5 Å². The normalized spacial score (nSPS) is 17.8. The number of anilines is 2. The second-order valence-electron chi connectivity index (χ2n) is 9.59. The number of halogens is 4. The second-order valence-corrected chi connectivity index (χ2v) is 9.59. The fraction of sp³-hybridized carbons (Fsp3) is 0.400. The lowest BCUT2D eigenvalue weighted by atomic mass is 9.85. The fourth-order valence-electron chi connectivity index (χ4n) is 4.63. The molecular weight excluding hydrogens is 480 g/mol. The largest absolute Gasteiger partial charge is 0.423 e. The number of fused-ring (bicyclic) bond motifs is 2. The Morgan fingerprint density at radius 1 is 1.19 bits per heavy atom. The average molecular weight is 507 g/mol. The van der Waals surface area contributed by atoms with E-state index >= 15 is 4.39 Å². The number of aryl methyl sites for hydroxylation is 1. The van der Waals surface area contributed by atoms with Gasteiger partial charge in [0.2, 0.25) is 11.5 Å². The maximum atomic E-state index is 15.3. The monoisotopic (exact) mass is 506 g/mol. The van der Waals surface area contributed by atoms with Crippen molar-refractivity contribution in [3.63, 3.8) is 0 Å². The smallest absolute Gasteiger partial charge is 0.393 e. The zero-order valence-electron chi connectivity index (χ0n) is 20.3. The van der Waals surface area contributed by atoms with Gasteiger partial charge in [0.25, 0.3) is 0 Å². The molecule has 192 valence electrons. The number of aliphatic hydroxyl groups is 2. The van der Waals surface area contributed by atoms with Crippen LogP contribution in [0.1, 0.15) is 49.3 Å². The number of hydrogen-bond donors (Lipinski definition) is 3. The lowest BCUT2D eigenvalue weighted by Gasteiger charge is -2.30. The van der Waals surface area contributed by atoms with Gasteiger partial charge in [0, 0.05) is 29.2 Å². The van der Waals surface area contributed by atoms with Crippen LogP contribution in [0.4, 0.5) is 29.1 Å². The molecule has 0 unspecified atom stereocenters. The summed E-state index contributed by atoms with van der Waals surface area (Å²) in [6, 6.07) is 5.93. The van der Waals surface area contributed by atoms with Gasteiger partial charge in [0.15, 0.2) is 0 Å². The highest BCUT2D eigenvalue weighted by Gasteiger charge is 2.56. The van der Waals surface area contributed by atoms with Crippen LogP contribution in [0.5, 0.6) is 0 Å². The minimum absolute atomic E-state index is 0.0831. The first-order valence-corrected chi connectivity index (χ1v) is 11.2. The molecule has 0 fully saturated rings. The molecule has 3 N–H and O–H groups in total. The molecule has 2 atom stereocenters. The molecule has 7 nitrogen and oxygen atoms in total. The first-order valence-electron chi connectivity index (χ1n) is 11.2. The summed E-state index contributed by atoms with van der Waals surface area (Å²) in [7, 11) is 1.66. The van der Waals surface area contributed by atoms with Gasteiger partial charge in [-0.3, -0.25) is 4.79 Å². The van der Waals surface area contributed by atoms with Crippen molar-refractivity contribution in [2.24, 2.45) is 0 Å². The maximum absolute atomic E-state index is 15.3. The number of nitrogens with zero attached hydrogens (tertiary/aromatic N) is 3. The number of benzene rings is 2. The van der Waals surface area contributed by atoms with Crippen molar-refractivity contribution in [3.05, 3.63) is 58.7 Å². The van der Waals surface area contributed by atoms with E-state index in [0.29, 0.717) is 28.2 Å². The molecule has 1 aliphatic rings. The summed E-state index contributed by atoms with van der Waals surface area (Å²) in [5.41, 5.74) is -3.72. The zero-order valence-corrected chi connectivity index (χ0v) is 20.3. The molecule has 1 aromatic heterocycles. The van der Waals surface area contributed by atoms with Crippen LogP contribution in [0.15, 0.2) is 30.3 Å². The van der Waals surface area contributed by atoms with Crippen LogP contribution in [0.3, 0.4) is 0 Å². The van der Waals surface area contributed by atoms with E-state index in [1.165, 1.54) is 24.0 Å². The third-order valence-corrected chi connectivity index (χ3v) is 6.79. The molecule has 4 rings (SSSR count). The van der Waals surface area contributed by atoms with Crippen molar-refractivity contribution in [2.45, 2.75) is 50.9 Å². The van der Waals surface area contributed by atoms with Gasteiger partial charge in [-0.15, -0.1) is 0 Å². The van der Waals surface area contributed by atoms with Crippen LogP contribution in [0.2, 0.25) is 0 Å². The SMILES string of the molecule is Cc1nc(N[C@H](C)c2cccc([C@@](O)(CO)C(F)(F)F)c2F)c2cc3c(cc2n1)C(C)(C)C(=O)N3C. The lowest BCUT2D eigenvalue weighted by molar-refractivity contribution is -0.278. The van der Waals surface area contributed by atoms with Crippen LogP contribution >= 0.6 is 0 Å². The molecule has 2 heterocycles. The summed E-state index contributed by atoms with van der Waals surface area (Å²) in [5, 5.41) is 22.9. The Morgan fingerprint density at radius 3 is 2.47 bits per heavy atom. The zero-order chi connectivity index (χ0) is 26.8. The van der Waals surface area contributed by atoms with E-state index in [1.807, 2.05) is 19.9 Å². The predicted molar refractivity (Wildman–Crippen MR) is 126 cm³/mol. The highest BCUT2D eigenvalue weighted by molar-refractivity contribution is 6.10. The molecule has 0 aliphatic carbocycles. The molecule has 11 heteroatoms. The Morgan fingerprint density at radius 2 is 1.86 bits per heavy atom. The van der Waals surface area contributed by atoms with Gasteiger partial charge in [-0.1, -0.05) is 18.2 Å². The Bertz CT molecular complexity index is 1380. The Balaban J connectivity index is 1.79. The molecular formula is C25H26F4N4O3. The third-order valence-electron chi connectivity index (χ3n) is 6.79. The van der Waals surface area contributed by atoms with Crippen LogP contribution < -0.4 is 10.2 Å². The van der Waals surface area contributed by atoms with E-state index in [9.17, 15) is 28.2 Å². The molecule has 1 amide bonds. The van der Waals surface area contributed by atoms with Crippen LogP contribution in [-0.2, 0) is 15.8 Å². The lowest BCUT2D eigenvalue weighted by Crippen LogP contribution is -2.46. The van der Waals surface area contributed by atoms with Crippen molar-refractivity contribution < 1.29 is 32.6 Å². The van der Waals surface area contributed by atoms with E-state index in [0.717, 1.165) is 11.6 Å². The van der Waals surface area contributed by atoms with Crippen molar-refractivity contribution >= 4 is 28.3 Å². The number of nitrogens with one attached hydrogen (secondary N) is 1. The summed E-state index contributed by atoms with van der Waals surface area (Å²) in [6.07, 6.45) is -5.30. The molecule has 0 saturated heterocycles. The number of aliphatic hydroxyl groups excluding tert-OH is 1. The number of aromatic nitrogens is 2. The van der Waals surface area contributed by atoms with Gasteiger partial charge in [-0.05, 0) is 45.4 Å². The highest BCUT2D eigenvalue weighted by Crippen LogP contribution is 2.44. The molecule has 0 bridgehead atoms. The van der Waals surface area contributed by atoms with Crippen LogP contribution in [-0.4, -0.2) is 45.9 Å². The van der Waals surface area contributed by atoms with Gasteiger partial charge in [-0.25, -0.2) is 14.4 Å². The van der Waals surface area contributed by atoms with E-state index in [1.54, 1.807) is 20.0 Å². The molecule has 2 aromatic carbocycles. The maximum Gasteiger partial charge on any atom is 0.423 e. The summed E-state index contributed by atoms with van der Waals surface area (Å²) >= 11 is 0.